The molecular formula is C12H12N2O5S. The van der Waals surface area contributed by atoms with E-state index in [-0.39, 0.29) is 11.4 Å². The predicted molar refractivity (Wildman–Crippen MR) is 70.5 cm³/mol. The van der Waals surface area contributed by atoms with Crippen molar-refractivity contribution in [3.05, 3.63) is 58.5 Å². The van der Waals surface area contributed by atoms with Gasteiger partial charge >= 0.3 is 0 Å². The molecule has 0 saturated heterocycles. The molecule has 20 heavy (non-hydrogen) atoms. The Labute approximate surface area is 115 Å². The molecule has 0 aliphatic rings. The number of para-hydroxylation sites is 1. The van der Waals surface area contributed by atoms with Crippen LogP contribution in [0.15, 0.2) is 52.0 Å². The zero-order valence-electron chi connectivity index (χ0n) is 10.6. The van der Waals surface area contributed by atoms with Gasteiger partial charge in [-0.05, 0) is 18.2 Å². The van der Waals surface area contributed by atoms with Gasteiger partial charge in [0, 0.05) is 13.1 Å². The highest BCUT2D eigenvalue weighted by atomic mass is 32.2. The Morgan fingerprint density at radius 3 is 2.55 bits per heavy atom. The Bertz CT molecular complexity index is 709. The summed E-state index contributed by atoms with van der Waals surface area (Å²) in [5, 5.41) is 10.9. The Morgan fingerprint density at radius 2 is 1.95 bits per heavy atom. The average Bonchev–Trinajstić information content (AvgIpc) is 2.91. The summed E-state index contributed by atoms with van der Waals surface area (Å²) in [6, 6.07) is 8.51. The molecule has 1 heterocycles. The lowest BCUT2D eigenvalue weighted by atomic mass is 10.3. The highest BCUT2D eigenvalue weighted by Gasteiger charge is 2.29. The van der Waals surface area contributed by atoms with E-state index >= 15 is 0 Å². The largest absolute Gasteiger partial charge is 0.468 e. The van der Waals surface area contributed by atoms with Crippen molar-refractivity contribution in [3.8, 4) is 0 Å². The summed E-state index contributed by atoms with van der Waals surface area (Å²) < 4.78 is 30.8. The Balaban J connectivity index is 2.37. The first-order valence-electron chi connectivity index (χ1n) is 5.65. The standard InChI is InChI=1S/C12H12N2O5S/c1-13(9-10-5-4-8-19-10)20(17,18)12-7-3-2-6-11(12)14(15)16/h2-8H,9H2,1H3. The third-order valence-electron chi connectivity index (χ3n) is 2.71. The highest BCUT2D eigenvalue weighted by Crippen LogP contribution is 2.26. The fraction of sp³-hybridized carbons (Fsp3) is 0.167. The molecule has 0 amide bonds. The molecule has 2 aromatic rings. The number of furan rings is 1. The Kier molecular flexibility index (Phi) is 3.86. The minimum Gasteiger partial charge on any atom is -0.468 e. The zero-order valence-corrected chi connectivity index (χ0v) is 11.4. The van der Waals surface area contributed by atoms with Crippen molar-refractivity contribution in [3.63, 3.8) is 0 Å². The van der Waals surface area contributed by atoms with E-state index in [4.69, 9.17) is 4.42 Å². The van der Waals surface area contributed by atoms with Crippen LogP contribution < -0.4 is 0 Å². The number of nitro groups is 1. The van der Waals surface area contributed by atoms with Crippen LogP contribution in [0.3, 0.4) is 0 Å². The van der Waals surface area contributed by atoms with E-state index in [1.165, 1.54) is 31.5 Å². The van der Waals surface area contributed by atoms with E-state index in [1.54, 1.807) is 12.1 Å². The second-order valence-corrected chi connectivity index (χ2v) is 6.08. The SMILES string of the molecule is CN(Cc1ccco1)S(=O)(=O)c1ccccc1[N+](=O)[O-]. The number of hydrogen-bond donors (Lipinski definition) is 0. The highest BCUT2D eigenvalue weighted by molar-refractivity contribution is 7.89. The number of hydrogen-bond acceptors (Lipinski definition) is 5. The summed E-state index contributed by atoms with van der Waals surface area (Å²) in [7, 11) is -2.62. The molecule has 0 bridgehead atoms. The molecule has 1 aromatic heterocycles. The monoisotopic (exact) mass is 296 g/mol. The second kappa shape index (κ2) is 5.43. The van der Waals surface area contributed by atoms with Crippen LogP contribution in [0.2, 0.25) is 0 Å². The van der Waals surface area contributed by atoms with Crippen molar-refractivity contribution in [1.29, 1.82) is 0 Å². The summed E-state index contributed by atoms with van der Waals surface area (Å²) in [6.07, 6.45) is 1.43. The number of benzene rings is 1. The molecular weight excluding hydrogens is 284 g/mol. The van der Waals surface area contributed by atoms with Gasteiger partial charge in [-0.3, -0.25) is 10.1 Å². The maximum atomic E-state index is 12.4. The third-order valence-corrected chi connectivity index (χ3v) is 4.56. The summed E-state index contributed by atoms with van der Waals surface area (Å²) >= 11 is 0. The smallest absolute Gasteiger partial charge is 0.289 e. The van der Waals surface area contributed by atoms with E-state index < -0.39 is 20.6 Å². The van der Waals surface area contributed by atoms with Gasteiger partial charge in [0.1, 0.15) is 5.76 Å². The maximum Gasteiger partial charge on any atom is 0.289 e. The van der Waals surface area contributed by atoms with Crippen molar-refractivity contribution < 1.29 is 17.8 Å². The van der Waals surface area contributed by atoms with Crippen molar-refractivity contribution in [1.82, 2.24) is 4.31 Å². The van der Waals surface area contributed by atoms with E-state index in [9.17, 15) is 18.5 Å². The normalized spacial score (nSPS) is 11.7. The topological polar surface area (TPSA) is 93.7 Å². The first-order chi connectivity index (χ1) is 9.43. The average molecular weight is 296 g/mol. The molecule has 0 aliphatic carbocycles. The summed E-state index contributed by atoms with van der Waals surface area (Å²) in [4.78, 5) is 9.86. The van der Waals surface area contributed by atoms with Gasteiger partial charge < -0.3 is 4.42 Å². The lowest BCUT2D eigenvalue weighted by Crippen LogP contribution is -2.26. The quantitative estimate of drug-likeness (QED) is 0.621. The summed E-state index contributed by atoms with van der Waals surface area (Å²) in [5.74, 6) is 0.453. The van der Waals surface area contributed by atoms with Gasteiger partial charge in [-0.15, -0.1) is 0 Å². The molecule has 0 unspecified atom stereocenters. The number of rotatable bonds is 5. The van der Waals surface area contributed by atoms with Crippen LogP contribution in [0, 0.1) is 10.1 Å². The van der Waals surface area contributed by atoms with Crippen molar-refractivity contribution in [2.24, 2.45) is 0 Å². The summed E-state index contributed by atoms with van der Waals surface area (Å²) in [5.41, 5.74) is -0.446. The predicted octanol–water partition coefficient (Wildman–Crippen LogP) is 2.01. The van der Waals surface area contributed by atoms with Crippen LogP contribution >= 0.6 is 0 Å². The fourth-order valence-corrected chi connectivity index (χ4v) is 2.99. The van der Waals surface area contributed by atoms with Crippen LogP contribution in [0.4, 0.5) is 5.69 Å². The minimum atomic E-state index is -3.96. The van der Waals surface area contributed by atoms with Crippen LogP contribution in [-0.2, 0) is 16.6 Å². The van der Waals surface area contributed by atoms with E-state index in [0.717, 1.165) is 10.4 Å². The zero-order chi connectivity index (χ0) is 14.8. The molecule has 0 N–H and O–H groups in total. The van der Waals surface area contributed by atoms with Gasteiger partial charge in [-0.2, -0.15) is 4.31 Å². The van der Waals surface area contributed by atoms with Gasteiger partial charge in [-0.1, -0.05) is 12.1 Å². The molecule has 8 heteroatoms. The van der Waals surface area contributed by atoms with Crippen molar-refractivity contribution >= 4 is 15.7 Å². The maximum absolute atomic E-state index is 12.4. The van der Waals surface area contributed by atoms with Gasteiger partial charge in [0.2, 0.25) is 10.0 Å². The number of sulfonamides is 1. The number of nitrogens with zero attached hydrogens (tertiary/aromatic N) is 2. The Hall–Kier alpha value is -2.19. The summed E-state index contributed by atoms with van der Waals surface area (Å²) in [6.45, 7) is 0.00137. The minimum absolute atomic E-state index is 0.00137. The van der Waals surface area contributed by atoms with Crippen molar-refractivity contribution in [2.75, 3.05) is 7.05 Å². The van der Waals surface area contributed by atoms with Crippen LogP contribution in [0.1, 0.15) is 5.76 Å². The Morgan fingerprint density at radius 1 is 1.25 bits per heavy atom. The first-order valence-corrected chi connectivity index (χ1v) is 7.09. The third kappa shape index (κ3) is 2.70. The van der Waals surface area contributed by atoms with Crippen LogP contribution in [-0.4, -0.2) is 24.7 Å². The second-order valence-electron chi connectivity index (χ2n) is 4.07. The molecule has 0 radical (unpaired) electrons. The van der Waals surface area contributed by atoms with Gasteiger partial charge in [-0.25, -0.2) is 8.42 Å². The van der Waals surface area contributed by atoms with Gasteiger partial charge in [0.15, 0.2) is 4.90 Å². The molecule has 0 spiro atoms. The number of nitro benzene ring substituents is 1. The molecule has 106 valence electrons. The molecule has 0 atom stereocenters. The lowest BCUT2D eigenvalue weighted by Gasteiger charge is -2.15. The van der Waals surface area contributed by atoms with Gasteiger partial charge in [0.05, 0.1) is 17.7 Å². The molecule has 0 saturated carbocycles. The molecule has 1 aromatic carbocycles. The molecule has 2 rings (SSSR count). The molecule has 0 fully saturated rings. The van der Waals surface area contributed by atoms with E-state index in [0.29, 0.717) is 5.76 Å². The molecule has 7 nitrogen and oxygen atoms in total. The lowest BCUT2D eigenvalue weighted by molar-refractivity contribution is -0.387. The van der Waals surface area contributed by atoms with Crippen LogP contribution in [0.25, 0.3) is 0 Å². The van der Waals surface area contributed by atoms with Gasteiger partial charge in [0.25, 0.3) is 5.69 Å². The van der Waals surface area contributed by atoms with E-state index in [1.807, 2.05) is 0 Å². The van der Waals surface area contributed by atoms with Crippen LogP contribution in [0.5, 0.6) is 0 Å². The van der Waals surface area contributed by atoms with Crippen molar-refractivity contribution in [2.45, 2.75) is 11.4 Å². The first kappa shape index (κ1) is 14.2. The fourth-order valence-electron chi connectivity index (χ4n) is 1.70. The molecule has 0 aliphatic heterocycles. The van der Waals surface area contributed by atoms with E-state index in [2.05, 4.69) is 0 Å².